The molecule has 0 spiro atoms. The van der Waals surface area contributed by atoms with E-state index in [2.05, 4.69) is 24.7 Å². The van der Waals surface area contributed by atoms with Gasteiger partial charge in [-0.3, -0.25) is 4.72 Å². The van der Waals surface area contributed by atoms with Crippen molar-refractivity contribution in [3.05, 3.63) is 78.2 Å². The Kier molecular flexibility index (Phi) is 7.07. The molecule has 0 bridgehead atoms. The SMILES string of the molecule is CNC(=O)N(c1ccc(S(=O)(=O)Nc2ccon2)cn1)c1cc(F)c(-c2cc(C)cc(F)c2)cc1OC. The number of urea groups is 1. The number of amides is 2. The minimum atomic E-state index is -4.05. The molecule has 0 aliphatic carbocycles. The molecule has 2 N–H and O–H groups in total. The van der Waals surface area contributed by atoms with E-state index in [-0.39, 0.29) is 33.5 Å². The highest BCUT2D eigenvalue weighted by Gasteiger charge is 2.26. The van der Waals surface area contributed by atoms with Gasteiger partial charge in [0.2, 0.25) is 0 Å². The van der Waals surface area contributed by atoms with Gasteiger partial charge >= 0.3 is 6.03 Å². The fraction of sp³-hybridized carbons (Fsp3) is 0.125. The molecule has 0 saturated heterocycles. The highest BCUT2D eigenvalue weighted by Crippen LogP contribution is 2.39. The number of anilines is 3. The quantitative estimate of drug-likeness (QED) is 0.358. The van der Waals surface area contributed by atoms with E-state index in [1.165, 1.54) is 56.8 Å². The zero-order chi connectivity index (χ0) is 26.7. The van der Waals surface area contributed by atoms with Gasteiger partial charge < -0.3 is 14.6 Å². The summed E-state index contributed by atoms with van der Waals surface area (Å²) in [5.74, 6) is -1.22. The Labute approximate surface area is 210 Å². The predicted octanol–water partition coefficient (Wildman–Crippen LogP) is 4.61. The third-order valence-corrected chi connectivity index (χ3v) is 6.56. The smallest absolute Gasteiger partial charge is 0.327 e. The molecule has 0 aliphatic heterocycles. The second-order valence-electron chi connectivity index (χ2n) is 7.75. The summed E-state index contributed by atoms with van der Waals surface area (Å²) in [5, 5.41) is 5.93. The molecule has 192 valence electrons. The van der Waals surface area contributed by atoms with E-state index in [0.717, 1.165) is 17.2 Å². The highest BCUT2D eigenvalue weighted by molar-refractivity contribution is 7.92. The molecule has 0 saturated carbocycles. The number of aromatic nitrogens is 2. The summed E-state index contributed by atoms with van der Waals surface area (Å²) in [4.78, 5) is 17.7. The van der Waals surface area contributed by atoms with Crippen LogP contribution in [-0.2, 0) is 10.0 Å². The maximum absolute atomic E-state index is 15.3. The minimum absolute atomic E-state index is 0.0138. The molecule has 0 radical (unpaired) electrons. The number of halogens is 2. The Morgan fingerprint density at radius 2 is 1.89 bits per heavy atom. The van der Waals surface area contributed by atoms with Crippen molar-refractivity contribution >= 4 is 33.4 Å². The van der Waals surface area contributed by atoms with Crippen molar-refractivity contribution in [2.75, 3.05) is 23.8 Å². The molecule has 2 heterocycles. The van der Waals surface area contributed by atoms with E-state index in [4.69, 9.17) is 4.74 Å². The van der Waals surface area contributed by atoms with Crippen LogP contribution >= 0.6 is 0 Å². The molecule has 4 aromatic rings. The molecule has 37 heavy (non-hydrogen) atoms. The Balaban J connectivity index is 1.75. The molecule has 10 nitrogen and oxygen atoms in total. The zero-order valence-corrected chi connectivity index (χ0v) is 20.6. The molecule has 4 rings (SSSR count). The van der Waals surface area contributed by atoms with E-state index in [1.807, 2.05) is 0 Å². The fourth-order valence-corrected chi connectivity index (χ4v) is 4.51. The fourth-order valence-electron chi connectivity index (χ4n) is 3.57. The van der Waals surface area contributed by atoms with Gasteiger partial charge in [-0.2, -0.15) is 0 Å². The van der Waals surface area contributed by atoms with Crippen molar-refractivity contribution in [2.45, 2.75) is 11.8 Å². The number of ether oxygens (including phenoxy) is 1. The van der Waals surface area contributed by atoms with Crippen LogP contribution in [0.15, 0.2) is 70.4 Å². The number of hydrogen-bond donors (Lipinski definition) is 2. The number of aryl methyl sites for hydroxylation is 1. The van der Waals surface area contributed by atoms with Gasteiger partial charge in [0, 0.05) is 30.9 Å². The minimum Gasteiger partial charge on any atom is -0.495 e. The van der Waals surface area contributed by atoms with Crippen molar-refractivity contribution in [3.8, 4) is 16.9 Å². The molecule has 0 unspecified atom stereocenters. The Morgan fingerprint density at radius 3 is 2.49 bits per heavy atom. The monoisotopic (exact) mass is 529 g/mol. The van der Waals surface area contributed by atoms with Crippen molar-refractivity contribution < 1.29 is 31.3 Å². The van der Waals surface area contributed by atoms with Crippen LogP contribution in [0.3, 0.4) is 0 Å². The number of carbonyl (C=O) groups excluding carboxylic acids is 1. The standard InChI is InChI=1S/C24H21F2N5O5S/c1-14-8-15(10-16(25)9-14)18-11-21(35-3)20(12-19(18)26)31(24(32)27-2)23-5-4-17(13-28-23)37(33,34)30-22-6-7-36-29-22/h4-13H,1-3H3,(H,27,32)(H,29,30). The molecular formula is C24H21F2N5O5S. The summed E-state index contributed by atoms with van der Waals surface area (Å²) in [6.45, 7) is 1.68. The lowest BCUT2D eigenvalue weighted by atomic mass is 10.0. The van der Waals surface area contributed by atoms with Crippen LogP contribution in [0.25, 0.3) is 11.1 Å². The first-order valence-electron chi connectivity index (χ1n) is 10.7. The van der Waals surface area contributed by atoms with Crippen molar-refractivity contribution in [1.82, 2.24) is 15.5 Å². The summed E-state index contributed by atoms with van der Waals surface area (Å²) >= 11 is 0. The van der Waals surface area contributed by atoms with E-state index >= 15 is 4.39 Å². The summed E-state index contributed by atoms with van der Waals surface area (Å²) in [6.07, 6.45) is 2.23. The van der Waals surface area contributed by atoms with Crippen molar-refractivity contribution in [2.24, 2.45) is 0 Å². The van der Waals surface area contributed by atoms with Crippen LogP contribution in [0.2, 0.25) is 0 Å². The maximum atomic E-state index is 15.3. The lowest BCUT2D eigenvalue weighted by Crippen LogP contribution is -2.35. The van der Waals surface area contributed by atoms with E-state index in [9.17, 15) is 17.6 Å². The molecule has 0 atom stereocenters. The number of nitrogens with zero attached hydrogens (tertiary/aromatic N) is 3. The van der Waals surface area contributed by atoms with Crippen LogP contribution in [0, 0.1) is 18.6 Å². The summed E-state index contributed by atoms with van der Waals surface area (Å²) in [7, 11) is -1.35. The molecule has 2 aromatic carbocycles. The lowest BCUT2D eigenvalue weighted by molar-refractivity contribution is 0.250. The molecular weight excluding hydrogens is 508 g/mol. The number of methoxy groups -OCH3 is 1. The van der Waals surface area contributed by atoms with Crippen molar-refractivity contribution in [3.63, 3.8) is 0 Å². The topological polar surface area (TPSA) is 127 Å². The number of nitrogens with one attached hydrogen (secondary N) is 2. The molecule has 2 aromatic heterocycles. The second-order valence-corrected chi connectivity index (χ2v) is 9.44. The van der Waals surface area contributed by atoms with Crippen molar-refractivity contribution in [1.29, 1.82) is 0 Å². The normalized spacial score (nSPS) is 11.2. The number of hydrogen-bond acceptors (Lipinski definition) is 7. The largest absolute Gasteiger partial charge is 0.495 e. The first-order valence-corrected chi connectivity index (χ1v) is 12.2. The Hall–Kier alpha value is -4.52. The van der Waals surface area contributed by atoms with Crippen LogP contribution in [0.5, 0.6) is 5.75 Å². The van der Waals surface area contributed by atoms with Crippen LogP contribution in [0.1, 0.15) is 5.56 Å². The first-order chi connectivity index (χ1) is 17.6. The molecule has 0 fully saturated rings. The van der Waals surface area contributed by atoms with Gasteiger partial charge in [-0.25, -0.2) is 31.9 Å². The second kappa shape index (κ2) is 10.2. The number of sulfonamides is 1. The zero-order valence-electron chi connectivity index (χ0n) is 19.8. The van der Waals surface area contributed by atoms with E-state index < -0.39 is 27.7 Å². The van der Waals surface area contributed by atoms with Gasteiger partial charge in [0.05, 0.1) is 12.8 Å². The summed E-state index contributed by atoms with van der Waals surface area (Å²) in [5.41, 5.74) is 0.939. The third-order valence-electron chi connectivity index (χ3n) is 5.22. The third kappa shape index (κ3) is 5.35. The molecule has 2 amide bonds. The lowest BCUT2D eigenvalue weighted by Gasteiger charge is -2.24. The average molecular weight is 530 g/mol. The van der Waals surface area contributed by atoms with Gasteiger partial charge in [0.15, 0.2) is 5.82 Å². The van der Waals surface area contributed by atoms with Gasteiger partial charge in [-0.15, -0.1) is 0 Å². The summed E-state index contributed by atoms with van der Waals surface area (Å²) < 4.78 is 66.7. The number of pyridine rings is 1. The number of rotatable bonds is 7. The number of carbonyl (C=O) groups is 1. The first kappa shape index (κ1) is 25.6. The van der Waals surface area contributed by atoms with Crippen LogP contribution < -0.4 is 19.7 Å². The van der Waals surface area contributed by atoms with Crippen LogP contribution in [0.4, 0.5) is 30.9 Å². The van der Waals surface area contributed by atoms with Gasteiger partial charge in [-0.05, 0) is 48.4 Å². The summed E-state index contributed by atoms with van der Waals surface area (Å²) in [6, 6.07) is 9.63. The number of benzene rings is 2. The Morgan fingerprint density at radius 1 is 1.11 bits per heavy atom. The molecule has 13 heteroatoms. The van der Waals surface area contributed by atoms with E-state index in [0.29, 0.717) is 11.1 Å². The molecule has 0 aliphatic rings. The van der Waals surface area contributed by atoms with E-state index in [1.54, 1.807) is 13.0 Å². The van der Waals surface area contributed by atoms with Gasteiger partial charge in [0.25, 0.3) is 10.0 Å². The predicted molar refractivity (Wildman–Crippen MR) is 131 cm³/mol. The maximum Gasteiger partial charge on any atom is 0.327 e. The Bertz CT molecular complexity index is 1520. The average Bonchev–Trinajstić information content (AvgIpc) is 3.36. The van der Waals surface area contributed by atoms with Gasteiger partial charge in [0.1, 0.15) is 34.4 Å². The van der Waals surface area contributed by atoms with Crippen LogP contribution in [-0.4, -0.2) is 38.7 Å². The van der Waals surface area contributed by atoms with Gasteiger partial charge in [-0.1, -0.05) is 11.2 Å². The highest BCUT2D eigenvalue weighted by atomic mass is 32.2.